The molecule has 0 saturated carbocycles. The Bertz CT molecular complexity index is 536. The molecule has 1 heterocycles. The lowest BCUT2D eigenvalue weighted by atomic mass is 10.2. The lowest BCUT2D eigenvalue weighted by molar-refractivity contribution is 0.522. The summed E-state index contributed by atoms with van der Waals surface area (Å²) in [6, 6.07) is 5.79. The molecule has 0 unspecified atom stereocenters. The zero-order valence-electron chi connectivity index (χ0n) is 8.95. The molecule has 3 N–H and O–H groups in total. The minimum atomic E-state index is 0.0311. The number of nitrogens with one attached hydrogen (secondary N) is 1. The highest BCUT2D eigenvalue weighted by molar-refractivity contribution is 5.78. The molecular formula is C11H15N3O. The Labute approximate surface area is 87.7 Å². The molecule has 1 aromatic carbocycles. The van der Waals surface area contributed by atoms with Crippen molar-refractivity contribution in [1.29, 1.82) is 0 Å². The van der Waals surface area contributed by atoms with E-state index in [1.165, 1.54) is 0 Å². The number of rotatable bonds is 2. The van der Waals surface area contributed by atoms with E-state index in [1.54, 1.807) is 4.68 Å². The van der Waals surface area contributed by atoms with E-state index in [1.807, 2.05) is 32.0 Å². The van der Waals surface area contributed by atoms with Gasteiger partial charge in [0.15, 0.2) is 0 Å². The first-order valence-corrected chi connectivity index (χ1v) is 5.06. The summed E-state index contributed by atoms with van der Waals surface area (Å²) >= 11 is 0. The largest absolute Gasteiger partial charge is 0.326 e. The summed E-state index contributed by atoms with van der Waals surface area (Å²) in [5.41, 5.74) is 7.46. The standard InChI is InChI=1S/C11H15N3O/c1-7(2)14-11(15)9-4-3-8(6-12)5-10(9)13-14/h3-5,7,13H,6,12H2,1-2H3. The summed E-state index contributed by atoms with van der Waals surface area (Å²) in [4.78, 5) is 11.9. The first-order valence-electron chi connectivity index (χ1n) is 5.06. The van der Waals surface area contributed by atoms with Crippen LogP contribution in [0.5, 0.6) is 0 Å². The molecule has 0 aliphatic carbocycles. The summed E-state index contributed by atoms with van der Waals surface area (Å²) in [5.74, 6) is 0. The highest BCUT2D eigenvalue weighted by atomic mass is 16.1. The van der Waals surface area contributed by atoms with E-state index in [9.17, 15) is 4.79 Å². The van der Waals surface area contributed by atoms with Crippen LogP contribution in [0, 0.1) is 0 Å². The fourth-order valence-electron chi connectivity index (χ4n) is 1.67. The molecule has 80 valence electrons. The third-order valence-corrected chi connectivity index (χ3v) is 2.53. The zero-order chi connectivity index (χ0) is 11.0. The van der Waals surface area contributed by atoms with Crippen molar-refractivity contribution >= 4 is 10.9 Å². The molecule has 2 rings (SSSR count). The Hall–Kier alpha value is -1.55. The van der Waals surface area contributed by atoms with Gasteiger partial charge in [0, 0.05) is 12.6 Å². The van der Waals surface area contributed by atoms with Crippen molar-refractivity contribution in [2.24, 2.45) is 5.73 Å². The summed E-state index contributed by atoms with van der Waals surface area (Å²) < 4.78 is 1.63. The molecule has 0 bridgehead atoms. The Morgan fingerprint density at radius 1 is 1.47 bits per heavy atom. The average molecular weight is 205 g/mol. The van der Waals surface area contributed by atoms with Crippen LogP contribution in [0.25, 0.3) is 10.9 Å². The molecule has 1 aromatic heterocycles. The summed E-state index contributed by atoms with van der Waals surface area (Å²) in [5, 5.41) is 3.81. The van der Waals surface area contributed by atoms with E-state index < -0.39 is 0 Å². The normalized spacial score (nSPS) is 11.5. The number of hydrogen-bond donors (Lipinski definition) is 2. The number of benzene rings is 1. The Morgan fingerprint density at radius 3 is 2.80 bits per heavy atom. The van der Waals surface area contributed by atoms with Gasteiger partial charge in [0.05, 0.1) is 10.9 Å². The molecule has 4 nitrogen and oxygen atoms in total. The van der Waals surface area contributed by atoms with Crippen molar-refractivity contribution in [3.8, 4) is 0 Å². The van der Waals surface area contributed by atoms with Crippen LogP contribution >= 0.6 is 0 Å². The lowest BCUT2D eigenvalue weighted by Gasteiger charge is -2.03. The van der Waals surface area contributed by atoms with Crippen molar-refractivity contribution in [2.45, 2.75) is 26.4 Å². The molecular weight excluding hydrogens is 190 g/mol. The van der Waals surface area contributed by atoms with Gasteiger partial charge in [-0.05, 0) is 31.5 Å². The maximum Gasteiger partial charge on any atom is 0.274 e. The van der Waals surface area contributed by atoms with E-state index in [-0.39, 0.29) is 11.6 Å². The average Bonchev–Trinajstić information content (AvgIpc) is 2.55. The Kier molecular flexibility index (Phi) is 2.36. The van der Waals surface area contributed by atoms with Crippen LogP contribution in [0.4, 0.5) is 0 Å². The third kappa shape index (κ3) is 1.57. The first-order chi connectivity index (χ1) is 7.13. The van der Waals surface area contributed by atoms with Gasteiger partial charge in [-0.15, -0.1) is 0 Å². The number of fused-ring (bicyclic) bond motifs is 1. The Morgan fingerprint density at radius 2 is 2.20 bits per heavy atom. The SMILES string of the molecule is CC(C)n1[nH]c2cc(CN)ccc2c1=O. The molecule has 0 aliphatic heterocycles. The number of hydrogen-bond acceptors (Lipinski definition) is 2. The second-order valence-electron chi connectivity index (χ2n) is 3.96. The summed E-state index contributed by atoms with van der Waals surface area (Å²) in [6.45, 7) is 4.44. The topological polar surface area (TPSA) is 63.8 Å². The van der Waals surface area contributed by atoms with E-state index in [4.69, 9.17) is 5.73 Å². The first kappa shape index (κ1) is 9.98. The third-order valence-electron chi connectivity index (χ3n) is 2.53. The van der Waals surface area contributed by atoms with Crippen molar-refractivity contribution in [1.82, 2.24) is 9.78 Å². The zero-order valence-corrected chi connectivity index (χ0v) is 8.95. The highest BCUT2D eigenvalue weighted by Gasteiger charge is 2.08. The van der Waals surface area contributed by atoms with Crippen LogP contribution in [0.3, 0.4) is 0 Å². The fourth-order valence-corrected chi connectivity index (χ4v) is 1.67. The van der Waals surface area contributed by atoms with Crippen molar-refractivity contribution < 1.29 is 0 Å². The molecule has 0 aliphatic rings. The highest BCUT2D eigenvalue weighted by Crippen LogP contribution is 2.12. The van der Waals surface area contributed by atoms with Crippen LogP contribution in [0.15, 0.2) is 23.0 Å². The van der Waals surface area contributed by atoms with Crippen LogP contribution in [0.1, 0.15) is 25.5 Å². The van der Waals surface area contributed by atoms with Crippen LogP contribution in [-0.2, 0) is 6.54 Å². The number of nitrogens with zero attached hydrogens (tertiary/aromatic N) is 1. The van der Waals surface area contributed by atoms with Crippen LogP contribution in [0.2, 0.25) is 0 Å². The molecule has 4 heteroatoms. The fraction of sp³-hybridized carbons (Fsp3) is 0.364. The minimum absolute atomic E-state index is 0.0311. The van der Waals surface area contributed by atoms with E-state index in [2.05, 4.69) is 5.10 Å². The maximum atomic E-state index is 11.9. The predicted molar refractivity (Wildman–Crippen MR) is 60.8 cm³/mol. The minimum Gasteiger partial charge on any atom is -0.326 e. The van der Waals surface area contributed by atoms with Gasteiger partial charge in [-0.3, -0.25) is 9.89 Å². The second-order valence-corrected chi connectivity index (χ2v) is 3.96. The van der Waals surface area contributed by atoms with Crippen molar-refractivity contribution in [2.75, 3.05) is 0 Å². The number of H-pyrrole nitrogens is 1. The van der Waals surface area contributed by atoms with Gasteiger partial charge in [0.1, 0.15) is 0 Å². The molecule has 0 amide bonds. The van der Waals surface area contributed by atoms with E-state index in [0.717, 1.165) is 16.5 Å². The van der Waals surface area contributed by atoms with Gasteiger partial charge in [0.25, 0.3) is 5.56 Å². The van der Waals surface area contributed by atoms with Gasteiger partial charge >= 0.3 is 0 Å². The number of aromatic nitrogens is 2. The molecule has 15 heavy (non-hydrogen) atoms. The second kappa shape index (κ2) is 3.55. The van der Waals surface area contributed by atoms with Crippen LogP contribution in [-0.4, -0.2) is 9.78 Å². The maximum absolute atomic E-state index is 11.9. The lowest BCUT2D eigenvalue weighted by Crippen LogP contribution is -2.18. The number of nitrogens with two attached hydrogens (primary N) is 1. The molecule has 0 spiro atoms. The van der Waals surface area contributed by atoms with Gasteiger partial charge < -0.3 is 5.73 Å². The molecule has 0 saturated heterocycles. The van der Waals surface area contributed by atoms with E-state index in [0.29, 0.717) is 6.54 Å². The smallest absolute Gasteiger partial charge is 0.274 e. The number of aromatic amines is 1. The van der Waals surface area contributed by atoms with E-state index >= 15 is 0 Å². The quantitative estimate of drug-likeness (QED) is 0.777. The van der Waals surface area contributed by atoms with Crippen molar-refractivity contribution in [3.05, 3.63) is 34.1 Å². The van der Waals surface area contributed by atoms with Crippen LogP contribution < -0.4 is 11.3 Å². The molecule has 2 aromatic rings. The Balaban J connectivity index is 2.71. The summed E-state index contributed by atoms with van der Waals surface area (Å²) in [6.07, 6.45) is 0. The molecule has 0 fully saturated rings. The van der Waals surface area contributed by atoms with Gasteiger partial charge in [-0.1, -0.05) is 6.07 Å². The van der Waals surface area contributed by atoms with Gasteiger partial charge in [-0.25, -0.2) is 4.68 Å². The summed E-state index contributed by atoms with van der Waals surface area (Å²) in [7, 11) is 0. The predicted octanol–water partition coefficient (Wildman–Crippen LogP) is 1.37. The molecule has 0 atom stereocenters. The van der Waals surface area contributed by atoms with Crippen molar-refractivity contribution in [3.63, 3.8) is 0 Å². The molecule has 0 radical (unpaired) electrons. The van der Waals surface area contributed by atoms with Gasteiger partial charge in [-0.2, -0.15) is 0 Å². The monoisotopic (exact) mass is 205 g/mol. The van der Waals surface area contributed by atoms with Gasteiger partial charge in [0.2, 0.25) is 0 Å².